The molecule has 1 aromatic carbocycles. The van der Waals surface area contributed by atoms with Gasteiger partial charge in [-0.3, -0.25) is 19.6 Å². The quantitative estimate of drug-likeness (QED) is 0.756. The van der Waals surface area contributed by atoms with Crippen molar-refractivity contribution in [2.45, 2.75) is 25.4 Å². The fraction of sp³-hybridized carbons (Fsp3) is 0.500. The fourth-order valence-electron chi connectivity index (χ4n) is 3.48. The van der Waals surface area contributed by atoms with Gasteiger partial charge in [-0.25, -0.2) is 4.79 Å². The Bertz CT molecular complexity index is 761. The molecule has 0 bridgehead atoms. The van der Waals surface area contributed by atoms with E-state index >= 15 is 0 Å². The van der Waals surface area contributed by atoms with E-state index in [1.54, 1.807) is 17.0 Å². The van der Waals surface area contributed by atoms with Crippen molar-refractivity contribution >= 4 is 35.1 Å². The van der Waals surface area contributed by atoms with Crippen LogP contribution in [0.15, 0.2) is 23.2 Å². The van der Waals surface area contributed by atoms with Gasteiger partial charge in [-0.1, -0.05) is 11.6 Å². The van der Waals surface area contributed by atoms with Gasteiger partial charge in [0.15, 0.2) is 0 Å². The van der Waals surface area contributed by atoms with E-state index in [9.17, 15) is 9.59 Å². The zero-order chi connectivity index (χ0) is 18.1. The fourth-order valence-corrected chi connectivity index (χ4v) is 3.64. The first-order valence-electron chi connectivity index (χ1n) is 8.84. The van der Waals surface area contributed by atoms with Crippen LogP contribution in [0.25, 0.3) is 0 Å². The van der Waals surface area contributed by atoms with E-state index in [0.717, 1.165) is 24.8 Å². The van der Waals surface area contributed by atoms with Crippen LogP contribution in [-0.2, 0) is 14.3 Å². The van der Waals surface area contributed by atoms with Crippen molar-refractivity contribution in [2.24, 2.45) is 4.99 Å². The first-order chi connectivity index (χ1) is 12.6. The number of urea groups is 1. The molecule has 7 nitrogen and oxygen atoms in total. The first kappa shape index (κ1) is 17.3. The Labute approximate surface area is 156 Å². The Kier molecular flexibility index (Phi) is 4.82. The molecule has 4 rings (SSSR count). The number of carbonyl (C=O) groups excluding carboxylic acids is 2. The molecule has 0 N–H and O–H groups in total. The molecule has 3 aliphatic heterocycles. The third kappa shape index (κ3) is 3.29. The van der Waals surface area contributed by atoms with Crippen LogP contribution in [0, 0.1) is 0 Å². The van der Waals surface area contributed by atoms with Gasteiger partial charge in [0.25, 0.3) is 0 Å². The highest BCUT2D eigenvalue weighted by molar-refractivity contribution is 6.31. The normalized spacial score (nSPS) is 22.0. The zero-order valence-electron chi connectivity index (χ0n) is 14.3. The molecule has 1 atom stereocenters. The summed E-state index contributed by atoms with van der Waals surface area (Å²) in [4.78, 5) is 32.8. The van der Waals surface area contributed by atoms with E-state index < -0.39 is 5.97 Å². The lowest BCUT2D eigenvalue weighted by atomic mass is 10.1. The molecule has 0 aliphatic carbocycles. The predicted octanol–water partition coefficient (Wildman–Crippen LogP) is 2.45. The average molecular weight is 378 g/mol. The molecule has 8 heteroatoms. The summed E-state index contributed by atoms with van der Waals surface area (Å²) >= 11 is 6.12. The van der Waals surface area contributed by atoms with Gasteiger partial charge in [0.1, 0.15) is 19.0 Å². The van der Waals surface area contributed by atoms with Gasteiger partial charge in [0, 0.05) is 30.3 Å². The molecular weight excluding hydrogens is 358 g/mol. The Hall–Kier alpha value is -2.12. The topological polar surface area (TPSA) is 71.4 Å². The summed E-state index contributed by atoms with van der Waals surface area (Å²) in [5.41, 5.74) is 1.40. The van der Waals surface area contributed by atoms with Gasteiger partial charge in [0.2, 0.25) is 0 Å². The van der Waals surface area contributed by atoms with Crippen molar-refractivity contribution in [1.82, 2.24) is 4.90 Å². The standard InChI is InChI=1S/C18H20ClN3O4/c19-12-4-5-14-15(9-12)22(18(24)21-7-2-6-20-17(14)21)10-16(23)26-11-13-3-1-8-25-13/h4-5,9,13H,1-3,6-8,10-11H2/t13-/m0/s1. The molecule has 3 heterocycles. The molecule has 3 aliphatic rings. The summed E-state index contributed by atoms with van der Waals surface area (Å²) in [6, 6.07) is 5.02. The summed E-state index contributed by atoms with van der Waals surface area (Å²) in [6.07, 6.45) is 2.63. The molecule has 138 valence electrons. The van der Waals surface area contributed by atoms with Gasteiger partial charge in [-0.2, -0.15) is 0 Å². The van der Waals surface area contributed by atoms with Crippen molar-refractivity contribution in [3.8, 4) is 0 Å². The summed E-state index contributed by atoms with van der Waals surface area (Å²) in [5.74, 6) is 0.189. The minimum Gasteiger partial charge on any atom is -0.462 e. The molecule has 26 heavy (non-hydrogen) atoms. The zero-order valence-corrected chi connectivity index (χ0v) is 15.1. The number of amides is 2. The molecule has 0 radical (unpaired) electrons. The van der Waals surface area contributed by atoms with Crippen LogP contribution in [0.3, 0.4) is 0 Å². The number of nitrogens with zero attached hydrogens (tertiary/aromatic N) is 3. The molecule has 0 spiro atoms. The Balaban J connectivity index is 1.55. The van der Waals surface area contributed by atoms with E-state index in [0.29, 0.717) is 36.2 Å². The molecular formula is C18H20ClN3O4. The molecule has 1 fully saturated rings. The van der Waals surface area contributed by atoms with Gasteiger partial charge >= 0.3 is 12.0 Å². The Morgan fingerprint density at radius 1 is 1.38 bits per heavy atom. The molecule has 0 aromatic heterocycles. The number of carbonyl (C=O) groups is 2. The molecule has 2 amide bonds. The maximum Gasteiger partial charge on any atom is 0.330 e. The van der Waals surface area contributed by atoms with E-state index in [-0.39, 0.29) is 25.3 Å². The van der Waals surface area contributed by atoms with Crippen LogP contribution in [0.4, 0.5) is 10.5 Å². The van der Waals surface area contributed by atoms with E-state index in [4.69, 9.17) is 21.1 Å². The number of aliphatic imine (C=N–C) groups is 1. The number of hydrogen-bond acceptors (Lipinski definition) is 5. The summed E-state index contributed by atoms with van der Waals surface area (Å²) in [5, 5.41) is 0.499. The molecule has 1 saturated heterocycles. The van der Waals surface area contributed by atoms with Crippen LogP contribution >= 0.6 is 11.6 Å². The van der Waals surface area contributed by atoms with Crippen LogP contribution in [-0.4, -0.2) is 61.7 Å². The van der Waals surface area contributed by atoms with Crippen LogP contribution in [0.5, 0.6) is 0 Å². The Morgan fingerprint density at radius 2 is 2.27 bits per heavy atom. The summed E-state index contributed by atoms with van der Waals surface area (Å²) in [6.45, 7) is 2.03. The molecule has 1 aromatic rings. The molecule has 0 saturated carbocycles. The number of hydrogen-bond donors (Lipinski definition) is 0. The van der Waals surface area contributed by atoms with Gasteiger partial charge in [-0.05, 0) is 37.5 Å². The smallest absolute Gasteiger partial charge is 0.330 e. The lowest BCUT2D eigenvalue weighted by Gasteiger charge is -2.39. The monoisotopic (exact) mass is 377 g/mol. The van der Waals surface area contributed by atoms with Crippen molar-refractivity contribution in [2.75, 3.05) is 37.7 Å². The maximum absolute atomic E-state index is 12.9. The summed E-state index contributed by atoms with van der Waals surface area (Å²) < 4.78 is 10.8. The highest BCUT2D eigenvalue weighted by Gasteiger charge is 2.37. The number of rotatable bonds is 4. The largest absolute Gasteiger partial charge is 0.462 e. The average Bonchev–Trinajstić information content (AvgIpc) is 3.17. The predicted molar refractivity (Wildman–Crippen MR) is 96.9 cm³/mol. The van der Waals surface area contributed by atoms with Crippen molar-refractivity contribution in [3.63, 3.8) is 0 Å². The number of benzene rings is 1. The van der Waals surface area contributed by atoms with Gasteiger partial charge in [-0.15, -0.1) is 0 Å². The second-order valence-electron chi connectivity index (χ2n) is 6.56. The lowest BCUT2D eigenvalue weighted by Crippen LogP contribution is -2.54. The van der Waals surface area contributed by atoms with Crippen LogP contribution < -0.4 is 4.90 Å². The third-order valence-electron chi connectivity index (χ3n) is 4.75. The van der Waals surface area contributed by atoms with Crippen LogP contribution in [0.1, 0.15) is 24.8 Å². The number of halogens is 1. The van der Waals surface area contributed by atoms with Crippen molar-refractivity contribution in [3.05, 3.63) is 28.8 Å². The number of anilines is 1. The van der Waals surface area contributed by atoms with Gasteiger partial charge < -0.3 is 9.47 Å². The van der Waals surface area contributed by atoms with E-state index in [2.05, 4.69) is 4.99 Å². The molecule has 0 unspecified atom stereocenters. The SMILES string of the molecule is O=C(CN1C(=O)N2CCCN=C2c2ccc(Cl)cc21)OC[C@@H]1CCCO1. The van der Waals surface area contributed by atoms with Crippen molar-refractivity contribution < 1.29 is 19.1 Å². The second-order valence-corrected chi connectivity index (χ2v) is 7.00. The Morgan fingerprint density at radius 3 is 3.08 bits per heavy atom. The minimum absolute atomic E-state index is 0.0430. The number of esters is 1. The first-order valence-corrected chi connectivity index (χ1v) is 9.22. The summed E-state index contributed by atoms with van der Waals surface area (Å²) in [7, 11) is 0. The number of ether oxygens (including phenoxy) is 2. The van der Waals surface area contributed by atoms with Gasteiger partial charge in [0.05, 0.1) is 11.8 Å². The van der Waals surface area contributed by atoms with E-state index in [1.807, 2.05) is 6.07 Å². The highest BCUT2D eigenvalue weighted by Crippen LogP contribution is 2.32. The maximum atomic E-state index is 12.9. The van der Waals surface area contributed by atoms with E-state index in [1.165, 1.54) is 4.90 Å². The van der Waals surface area contributed by atoms with Crippen molar-refractivity contribution in [1.29, 1.82) is 0 Å². The van der Waals surface area contributed by atoms with Crippen LogP contribution in [0.2, 0.25) is 5.02 Å². The number of fused-ring (bicyclic) bond motifs is 3. The minimum atomic E-state index is -0.461. The second kappa shape index (κ2) is 7.25. The third-order valence-corrected chi connectivity index (χ3v) is 4.99. The lowest BCUT2D eigenvalue weighted by molar-refractivity contribution is -0.145. The number of amidine groups is 1. The highest BCUT2D eigenvalue weighted by atomic mass is 35.5.